The molecule has 0 aliphatic carbocycles. The van der Waals surface area contributed by atoms with Crippen molar-refractivity contribution in [1.82, 2.24) is 14.7 Å². The Morgan fingerprint density at radius 2 is 1.61 bits per heavy atom. The lowest BCUT2D eigenvalue weighted by Gasteiger charge is -2.38. The van der Waals surface area contributed by atoms with E-state index in [-0.39, 0.29) is 11.9 Å². The molecule has 166 valence electrons. The summed E-state index contributed by atoms with van der Waals surface area (Å²) in [7, 11) is 3.27. The summed E-state index contributed by atoms with van der Waals surface area (Å²) in [6, 6.07) is 23.7. The molecule has 2 heterocycles. The van der Waals surface area contributed by atoms with Crippen LogP contribution in [0.25, 0.3) is 5.69 Å². The van der Waals surface area contributed by atoms with Gasteiger partial charge in [0.05, 0.1) is 37.7 Å². The predicted molar refractivity (Wildman–Crippen MR) is 126 cm³/mol. The van der Waals surface area contributed by atoms with Gasteiger partial charge in [0.25, 0.3) is 5.91 Å². The summed E-state index contributed by atoms with van der Waals surface area (Å²) in [4.78, 5) is 15.7. The predicted octanol–water partition coefficient (Wildman–Crippen LogP) is 4.68. The van der Waals surface area contributed by atoms with Crippen LogP contribution < -0.4 is 9.47 Å². The van der Waals surface area contributed by atoms with Crippen LogP contribution >= 0.6 is 0 Å². The third-order valence-electron chi connectivity index (χ3n) is 6.10. The van der Waals surface area contributed by atoms with Crippen LogP contribution in [0, 0.1) is 0 Å². The second-order valence-electron chi connectivity index (χ2n) is 7.98. The largest absolute Gasteiger partial charge is 0.493 e. The molecule has 0 fully saturated rings. The van der Waals surface area contributed by atoms with Gasteiger partial charge in [0.15, 0.2) is 11.5 Å². The molecule has 0 bridgehead atoms. The van der Waals surface area contributed by atoms with E-state index in [9.17, 15) is 4.79 Å². The van der Waals surface area contributed by atoms with Crippen molar-refractivity contribution < 1.29 is 14.3 Å². The molecule has 3 aromatic carbocycles. The molecule has 4 aromatic rings. The van der Waals surface area contributed by atoms with Gasteiger partial charge in [0, 0.05) is 12.7 Å². The Hall–Kier alpha value is -4.06. The molecule has 1 aliphatic rings. The quantitative estimate of drug-likeness (QED) is 0.453. The van der Waals surface area contributed by atoms with Crippen LogP contribution in [0.1, 0.15) is 33.1 Å². The van der Waals surface area contributed by atoms with Gasteiger partial charge in [-0.1, -0.05) is 48.5 Å². The molecule has 1 aliphatic heterocycles. The molecule has 1 amide bonds. The Labute approximate surface area is 193 Å². The molecule has 0 saturated carbocycles. The average Bonchev–Trinajstić information content (AvgIpc) is 3.38. The number of fused-ring (bicyclic) bond motifs is 1. The minimum absolute atomic E-state index is 0.0496. The number of aromatic nitrogens is 2. The minimum Gasteiger partial charge on any atom is -0.493 e. The van der Waals surface area contributed by atoms with E-state index in [4.69, 9.17) is 9.47 Å². The number of carbonyl (C=O) groups excluding carboxylic acids is 1. The van der Waals surface area contributed by atoms with Crippen molar-refractivity contribution in [3.05, 3.63) is 107 Å². The van der Waals surface area contributed by atoms with Crippen LogP contribution in [0.3, 0.4) is 0 Å². The molecule has 1 aromatic heterocycles. The van der Waals surface area contributed by atoms with Crippen LogP contribution in [-0.2, 0) is 6.42 Å². The molecule has 5 rings (SSSR count). The van der Waals surface area contributed by atoms with Crippen molar-refractivity contribution in [3.63, 3.8) is 0 Å². The number of ether oxygens (including phenoxy) is 2. The summed E-state index contributed by atoms with van der Waals surface area (Å²) in [5.41, 5.74) is 4.73. The van der Waals surface area contributed by atoms with Gasteiger partial charge in [-0.15, -0.1) is 0 Å². The maximum absolute atomic E-state index is 13.7. The highest BCUT2D eigenvalue weighted by molar-refractivity contribution is 5.94. The zero-order valence-corrected chi connectivity index (χ0v) is 18.6. The number of nitrogens with zero attached hydrogens (tertiary/aromatic N) is 3. The first-order valence-corrected chi connectivity index (χ1v) is 10.9. The summed E-state index contributed by atoms with van der Waals surface area (Å²) in [6.45, 7) is 0.595. The smallest absolute Gasteiger partial charge is 0.257 e. The second-order valence-corrected chi connectivity index (χ2v) is 7.98. The fraction of sp³-hybridized carbons (Fsp3) is 0.185. The van der Waals surface area contributed by atoms with Gasteiger partial charge in [-0.05, 0) is 47.4 Å². The van der Waals surface area contributed by atoms with Gasteiger partial charge in [0.1, 0.15) is 0 Å². The molecular formula is C27H25N3O3. The zero-order valence-electron chi connectivity index (χ0n) is 18.6. The second kappa shape index (κ2) is 8.82. The van der Waals surface area contributed by atoms with E-state index >= 15 is 0 Å². The van der Waals surface area contributed by atoms with E-state index in [2.05, 4.69) is 17.2 Å². The lowest BCUT2D eigenvalue weighted by atomic mass is 9.87. The molecule has 6 nitrogen and oxygen atoms in total. The number of hydrogen-bond acceptors (Lipinski definition) is 4. The molecule has 6 heteroatoms. The van der Waals surface area contributed by atoms with E-state index < -0.39 is 0 Å². The van der Waals surface area contributed by atoms with Crippen molar-refractivity contribution >= 4 is 5.91 Å². The number of methoxy groups -OCH3 is 2. The topological polar surface area (TPSA) is 56.6 Å². The van der Waals surface area contributed by atoms with Gasteiger partial charge < -0.3 is 14.4 Å². The van der Waals surface area contributed by atoms with Crippen LogP contribution in [0.2, 0.25) is 0 Å². The summed E-state index contributed by atoms with van der Waals surface area (Å²) < 4.78 is 12.8. The molecular weight excluding hydrogens is 414 g/mol. The first-order chi connectivity index (χ1) is 16.2. The van der Waals surface area contributed by atoms with E-state index in [1.807, 2.05) is 65.6 Å². The molecule has 0 saturated heterocycles. The standard InChI is InChI=1S/C27H25N3O3/c1-32-24-15-20-13-14-29(26(19-9-5-3-6-10-19)23(20)16-25(24)33-2)27(31)21-17-28-30(18-21)22-11-7-4-8-12-22/h3-12,15-18,26H,13-14H2,1-2H3. The van der Waals surface area contributed by atoms with Crippen molar-refractivity contribution in [2.45, 2.75) is 12.5 Å². The highest BCUT2D eigenvalue weighted by atomic mass is 16.5. The van der Waals surface area contributed by atoms with Crippen molar-refractivity contribution in [1.29, 1.82) is 0 Å². The molecule has 1 unspecified atom stereocenters. The Kier molecular flexibility index (Phi) is 5.57. The summed E-state index contributed by atoms with van der Waals surface area (Å²) >= 11 is 0. The minimum atomic E-state index is -0.234. The number of benzene rings is 3. The molecule has 0 radical (unpaired) electrons. The lowest BCUT2D eigenvalue weighted by Crippen LogP contribution is -2.40. The van der Waals surface area contributed by atoms with Gasteiger partial charge in [-0.25, -0.2) is 4.68 Å². The Bertz CT molecular complexity index is 1270. The van der Waals surface area contributed by atoms with E-state index in [0.29, 0.717) is 23.6 Å². The number of amides is 1. The maximum Gasteiger partial charge on any atom is 0.257 e. The molecule has 0 N–H and O–H groups in total. The maximum atomic E-state index is 13.7. The summed E-state index contributed by atoms with van der Waals surface area (Å²) in [5, 5.41) is 4.43. The van der Waals surface area contributed by atoms with Gasteiger partial charge in [-0.3, -0.25) is 4.79 Å². The van der Waals surface area contributed by atoms with Crippen LogP contribution in [-0.4, -0.2) is 41.4 Å². The monoisotopic (exact) mass is 439 g/mol. The first-order valence-electron chi connectivity index (χ1n) is 10.9. The Morgan fingerprint density at radius 1 is 0.939 bits per heavy atom. The van der Waals surface area contributed by atoms with Crippen LogP contribution in [0.4, 0.5) is 0 Å². The van der Waals surface area contributed by atoms with E-state index in [0.717, 1.165) is 28.8 Å². The van der Waals surface area contributed by atoms with Crippen LogP contribution in [0.15, 0.2) is 85.2 Å². The average molecular weight is 440 g/mol. The molecule has 0 spiro atoms. The molecule has 33 heavy (non-hydrogen) atoms. The summed E-state index contributed by atoms with van der Waals surface area (Å²) in [6.07, 6.45) is 4.17. The number of para-hydroxylation sites is 1. The Balaban J connectivity index is 1.56. The fourth-order valence-corrected chi connectivity index (χ4v) is 4.48. The third kappa shape index (κ3) is 3.84. The number of rotatable bonds is 5. The SMILES string of the molecule is COc1cc2c(cc1OC)C(c1ccccc1)N(C(=O)c1cnn(-c3ccccc3)c1)CC2. The first kappa shape index (κ1) is 20.8. The van der Waals surface area contributed by atoms with Crippen molar-refractivity contribution in [3.8, 4) is 17.2 Å². The molecule has 1 atom stereocenters. The van der Waals surface area contributed by atoms with Crippen LogP contribution in [0.5, 0.6) is 11.5 Å². The number of hydrogen-bond donors (Lipinski definition) is 0. The third-order valence-corrected chi connectivity index (χ3v) is 6.10. The van der Waals surface area contributed by atoms with Gasteiger partial charge >= 0.3 is 0 Å². The van der Waals surface area contributed by atoms with Gasteiger partial charge in [0.2, 0.25) is 0 Å². The highest BCUT2D eigenvalue weighted by Gasteiger charge is 2.34. The van der Waals surface area contributed by atoms with E-state index in [1.165, 1.54) is 0 Å². The van der Waals surface area contributed by atoms with E-state index in [1.54, 1.807) is 31.3 Å². The highest BCUT2D eigenvalue weighted by Crippen LogP contribution is 2.41. The Morgan fingerprint density at radius 3 is 2.30 bits per heavy atom. The van der Waals surface area contributed by atoms with Crippen molar-refractivity contribution in [2.75, 3.05) is 20.8 Å². The number of carbonyl (C=O) groups is 1. The van der Waals surface area contributed by atoms with Crippen molar-refractivity contribution in [2.24, 2.45) is 0 Å². The normalized spacial score (nSPS) is 15.1. The summed E-state index contributed by atoms with van der Waals surface area (Å²) in [5.74, 6) is 1.31. The fourth-order valence-electron chi connectivity index (χ4n) is 4.48. The lowest BCUT2D eigenvalue weighted by molar-refractivity contribution is 0.0694. The zero-order chi connectivity index (χ0) is 22.8. The van der Waals surface area contributed by atoms with Gasteiger partial charge in [-0.2, -0.15) is 5.10 Å².